The SMILES string of the molecule is COc1c(-c2cc(Cl)c(Cl)cc2Cl)cccc1C(F)F. The van der Waals surface area contributed by atoms with E-state index in [0.717, 1.165) is 0 Å². The maximum atomic E-state index is 13.0. The fourth-order valence-electron chi connectivity index (χ4n) is 1.90. The summed E-state index contributed by atoms with van der Waals surface area (Å²) in [7, 11) is 1.33. The van der Waals surface area contributed by atoms with Gasteiger partial charge in [0.2, 0.25) is 0 Å². The fourth-order valence-corrected chi connectivity index (χ4v) is 2.54. The van der Waals surface area contributed by atoms with E-state index in [1.54, 1.807) is 6.07 Å². The lowest BCUT2D eigenvalue weighted by molar-refractivity contribution is 0.147. The first-order valence-corrected chi connectivity index (χ1v) is 6.69. The van der Waals surface area contributed by atoms with Gasteiger partial charge in [0.1, 0.15) is 5.75 Å². The van der Waals surface area contributed by atoms with Crippen molar-refractivity contribution in [3.8, 4) is 16.9 Å². The summed E-state index contributed by atoms with van der Waals surface area (Å²) < 4.78 is 31.1. The molecule has 0 aliphatic heterocycles. The minimum atomic E-state index is -2.65. The Labute approximate surface area is 130 Å². The van der Waals surface area contributed by atoms with E-state index >= 15 is 0 Å². The summed E-state index contributed by atoms with van der Waals surface area (Å²) in [5, 5.41) is 0.893. The number of methoxy groups -OCH3 is 1. The third-order valence-corrected chi connectivity index (χ3v) is 3.82. The van der Waals surface area contributed by atoms with Crippen LogP contribution in [0, 0.1) is 0 Å². The molecule has 20 heavy (non-hydrogen) atoms. The van der Waals surface area contributed by atoms with Crippen LogP contribution in [0.2, 0.25) is 15.1 Å². The summed E-state index contributed by atoms with van der Waals surface area (Å²) in [5.41, 5.74) is 0.724. The lowest BCUT2D eigenvalue weighted by Crippen LogP contribution is -1.95. The number of halogens is 5. The molecule has 0 bridgehead atoms. The predicted molar refractivity (Wildman–Crippen MR) is 78.4 cm³/mol. The van der Waals surface area contributed by atoms with Gasteiger partial charge in [-0.2, -0.15) is 0 Å². The Morgan fingerprint density at radius 1 is 0.950 bits per heavy atom. The van der Waals surface area contributed by atoms with Gasteiger partial charge in [0.15, 0.2) is 0 Å². The van der Waals surface area contributed by atoms with Crippen LogP contribution in [0.15, 0.2) is 30.3 Å². The second-order valence-electron chi connectivity index (χ2n) is 3.97. The molecule has 0 fully saturated rings. The van der Waals surface area contributed by atoms with Crippen molar-refractivity contribution in [1.82, 2.24) is 0 Å². The number of alkyl halides is 2. The van der Waals surface area contributed by atoms with Gasteiger partial charge < -0.3 is 4.74 Å². The highest BCUT2D eigenvalue weighted by Gasteiger charge is 2.19. The molecule has 6 heteroatoms. The number of hydrogen-bond acceptors (Lipinski definition) is 1. The number of para-hydroxylation sites is 1. The second-order valence-corrected chi connectivity index (χ2v) is 5.20. The number of hydrogen-bond donors (Lipinski definition) is 0. The zero-order chi connectivity index (χ0) is 14.9. The van der Waals surface area contributed by atoms with E-state index in [-0.39, 0.29) is 16.3 Å². The van der Waals surface area contributed by atoms with Crippen LogP contribution in [0.4, 0.5) is 8.78 Å². The molecule has 0 N–H and O–H groups in total. The lowest BCUT2D eigenvalue weighted by atomic mass is 10.0. The topological polar surface area (TPSA) is 9.23 Å². The first-order chi connectivity index (χ1) is 9.45. The number of rotatable bonds is 3. The highest BCUT2D eigenvalue weighted by molar-refractivity contribution is 6.44. The summed E-state index contributed by atoms with van der Waals surface area (Å²) in [4.78, 5) is 0. The van der Waals surface area contributed by atoms with Crippen molar-refractivity contribution in [3.05, 3.63) is 51.0 Å². The highest BCUT2D eigenvalue weighted by atomic mass is 35.5. The van der Waals surface area contributed by atoms with Crippen molar-refractivity contribution in [2.24, 2.45) is 0 Å². The van der Waals surface area contributed by atoms with Gasteiger partial charge in [-0.3, -0.25) is 0 Å². The average molecular weight is 338 g/mol. The van der Waals surface area contributed by atoms with E-state index in [0.29, 0.717) is 21.2 Å². The Morgan fingerprint density at radius 3 is 2.20 bits per heavy atom. The van der Waals surface area contributed by atoms with Crippen LogP contribution in [-0.2, 0) is 0 Å². The quantitative estimate of drug-likeness (QED) is 0.601. The molecule has 0 aliphatic rings. The Kier molecular flexibility index (Phi) is 4.74. The normalized spacial score (nSPS) is 10.9. The van der Waals surface area contributed by atoms with Crippen molar-refractivity contribution < 1.29 is 13.5 Å². The molecule has 0 spiro atoms. The van der Waals surface area contributed by atoms with Gasteiger partial charge in [-0.1, -0.05) is 46.9 Å². The van der Waals surface area contributed by atoms with Gasteiger partial charge in [-0.05, 0) is 18.2 Å². The molecular formula is C14H9Cl3F2O. The summed E-state index contributed by atoms with van der Waals surface area (Å²) in [6.07, 6.45) is -2.65. The number of benzene rings is 2. The Hall–Kier alpha value is -1.03. The molecule has 0 aliphatic carbocycles. The molecule has 2 aromatic carbocycles. The maximum Gasteiger partial charge on any atom is 0.267 e. The number of ether oxygens (including phenoxy) is 1. The smallest absolute Gasteiger partial charge is 0.267 e. The van der Waals surface area contributed by atoms with E-state index in [1.165, 1.54) is 31.4 Å². The van der Waals surface area contributed by atoms with E-state index in [2.05, 4.69) is 0 Å². The molecule has 2 rings (SSSR count). The van der Waals surface area contributed by atoms with Crippen LogP contribution in [0.1, 0.15) is 12.0 Å². The minimum Gasteiger partial charge on any atom is -0.496 e. The monoisotopic (exact) mass is 336 g/mol. The molecule has 0 aromatic heterocycles. The van der Waals surface area contributed by atoms with E-state index in [4.69, 9.17) is 39.5 Å². The molecule has 106 valence electrons. The highest BCUT2D eigenvalue weighted by Crippen LogP contribution is 2.42. The Bertz CT molecular complexity index is 645. The summed E-state index contributed by atoms with van der Waals surface area (Å²) in [5.74, 6) is 0.0720. The lowest BCUT2D eigenvalue weighted by Gasteiger charge is -2.14. The van der Waals surface area contributed by atoms with Gasteiger partial charge >= 0.3 is 0 Å². The molecule has 0 radical (unpaired) electrons. The summed E-state index contributed by atoms with van der Waals surface area (Å²) in [6.45, 7) is 0. The molecule has 0 saturated carbocycles. The largest absolute Gasteiger partial charge is 0.496 e. The third kappa shape index (κ3) is 2.85. The van der Waals surface area contributed by atoms with Gasteiger partial charge in [0.25, 0.3) is 6.43 Å². The first kappa shape index (κ1) is 15.4. The zero-order valence-electron chi connectivity index (χ0n) is 10.3. The molecule has 0 amide bonds. The van der Waals surface area contributed by atoms with E-state index in [1.807, 2.05) is 0 Å². The van der Waals surface area contributed by atoms with Crippen LogP contribution in [0.25, 0.3) is 11.1 Å². The molecule has 0 atom stereocenters. The van der Waals surface area contributed by atoms with E-state index in [9.17, 15) is 8.78 Å². The molecule has 0 saturated heterocycles. The van der Waals surface area contributed by atoms with Crippen molar-refractivity contribution in [3.63, 3.8) is 0 Å². The van der Waals surface area contributed by atoms with Crippen molar-refractivity contribution in [2.75, 3.05) is 7.11 Å². The Balaban J connectivity index is 2.70. The van der Waals surface area contributed by atoms with Crippen LogP contribution < -0.4 is 4.74 Å². The third-order valence-electron chi connectivity index (χ3n) is 2.78. The first-order valence-electron chi connectivity index (χ1n) is 5.55. The van der Waals surface area contributed by atoms with E-state index < -0.39 is 6.43 Å². The van der Waals surface area contributed by atoms with Crippen molar-refractivity contribution >= 4 is 34.8 Å². The second kappa shape index (κ2) is 6.17. The molecule has 1 nitrogen and oxygen atoms in total. The molecular weight excluding hydrogens is 329 g/mol. The Morgan fingerprint density at radius 2 is 1.60 bits per heavy atom. The van der Waals surface area contributed by atoms with Crippen LogP contribution in [-0.4, -0.2) is 7.11 Å². The van der Waals surface area contributed by atoms with Crippen molar-refractivity contribution in [1.29, 1.82) is 0 Å². The standard InChI is InChI=1S/C14H9Cl3F2O/c1-20-13-7(3-2-4-8(13)14(18)19)9-5-11(16)12(17)6-10(9)15/h2-6,14H,1H3. The van der Waals surface area contributed by atoms with Gasteiger partial charge in [0.05, 0.1) is 27.7 Å². The van der Waals surface area contributed by atoms with Crippen molar-refractivity contribution in [2.45, 2.75) is 6.43 Å². The van der Waals surface area contributed by atoms with Gasteiger partial charge in [-0.15, -0.1) is 0 Å². The van der Waals surface area contributed by atoms with Gasteiger partial charge in [-0.25, -0.2) is 8.78 Å². The molecule has 0 unspecified atom stereocenters. The predicted octanol–water partition coefficient (Wildman–Crippen LogP) is 6.26. The molecule has 2 aromatic rings. The molecule has 0 heterocycles. The van der Waals surface area contributed by atoms with Crippen LogP contribution in [0.3, 0.4) is 0 Å². The average Bonchev–Trinajstić information content (AvgIpc) is 2.41. The van der Waals surface area contributed by atoms with Crippen LogP contribution >= 0.6 is 34.8 Å². The fraction of sp³-hybridized carbons (Fsp3) is 0.143. The summed E-state index contributed by atoms with van der Waals surface area (Å²) in [6, 6.07) is 7.45. The van der Waals surface area contributed by atoms with Crippen LogP contribution in [0.5, 0.6) is 5.75 Å². The maximum absolute atomic E-state index is 13.0. The minimum absolute atomic E-state index is 0.0720. The zero-order valence-corrected chi connectivity index (χ0v) is 12.5. The van der Waals surface area contributed by atoms with Gasteiger partial charge in [0, 0.05) is 11.1 Å². The summed E-state index contributed by atoms with van der Waals surface area (Å²) >= 11 is 17.9.